The van der Waals surface area contributed by atoms with Crippen molar-refractivity contribution in [2.24, 2.45) is 0 Å². The van der Waals surface area contributed by atoms with Gasteiger partial charge in [0.15, 0.2) is 0 Å². The van der Waals surface area contributed by atoms with Crippen molar-refractivity contribution in [3.63, 3.8) is 0 Å². The van der Waals surface area contributed by atoms with E-state index in [2.05, 4.69) is 31.3 Å². The largest absolute Gasteiger partial charge is 0.396 e. The van der Waals surface area contributed by atoms with Gasteiger partial charge in [0, 0.05) is 37.3 Å². The summed E-state index contributed by atoms with van der Waals surface area (Å²) in [5.41, 5.74) is 2.17. The fourth-order valence-corrected chi connectivity index (χ4v) is 2.68. The van der Waals surface area contributed by atoms with Gasteiger partial charge in [0.1, 0.15) is 0 Å². The molecule has 0 aromatic heterocycles. The summed E-state index contributed by atoms with van der Waals surface area (Å²) < 4.78 is 0. The van der Waals surface area contributed by atoms with Crippen molar-refractivity contribution >= 4 is 11.6 Å². The van der Waals surface area contributed by atoms with Gasteiger partial charge < -0.3 is 15.3 Å². The molecule has 0 radical (unpaired) electrons. The van der Waals surface area contributed by atoms with Gasteiger partial charge in [-0.05, 0) is 44.4 Å². The molecule has 1 aromatic carbocycles. The highest BCUT2D eigenvalue weighted by Crippen LogP contribution is 2.25. The summed E-state index contributed by atoms with van der Waals surface area (Å²) in [5, 5.41) is 12.4. The van der Waals surface area contributed by atoms with E-state index in [1.165, 1.54) is 5.56 Å². The van der Waals surface area contributed by atoms with Crippen molar-refractivity contribution in [3.05, 3.63) is 29.8 Å². The number of benzene rings is 1. The molecule has 20 heavy (non-hydrogen) atoms. The number of rotatable bonds is 6. The SMILES string of the molecule is CC(N[C@H](C)CCO)c1cccc(N2CCCC2=O)c1. The molecule has 2 N–H and O–H groups in total. The Balaban J connectivity index is 2.07. The lowest BCUT2D eigenvalue weighted by atomic mass is 10.1. The number of nitrogens with one attached hydrogen (secondary N) is 1. The third-order valence-corrected chi connectivity index (χ3v) is 3.85. The Hall–Kier alpha value is -1.39. The highest BCUT2D eigenvalue weighted by Gasteiger charge is 2.22. The van der Waals surface area contributed by atoms with Gasteiger partial charge in [-0.25, -0.2) is 0 Å². The zero-order chi connectivity index (χ0) is 14.5. The van der Waals surface area contributed by atoms with Crippen LogP contribution >= 0.6 is 0 Å². The summed E-state index contributed by atoms with van der Waals surface area (Å²) in [6.07, 6.45) is 2.35. The van der Waals surface area contributed by atoms with Crippen LogP contribution in [0.2, 0.25) is 0 Å². The molecule has 1 heterocycles. The highest BCUT2D eigenvalue weighted by molar-refractivity contribution is 5.95. The van der Waals surface area contributed by atoms with E-state index in [0.717, 1.165) is 25.1 Å². The Morgan fingerprint density at radius 1 is 1.40 bits per heavy atom. The van der Waals surface area contributed by atoms with Crippen LogP contribution in [0, 0.1) is 0 Å². The maximum Gasteiger partial charge on any atom is 0.227 e. The normalized spacial score (nSPS) is 18.4. The first kappa shape index (κ1) is 15.0. The van der Waals surface area contributed by atoms with Gasteiger partial charge in [-0.15, -0.1) is 0 Å². The molecule has 1 aliphatic heterocycles. The van der Waals surface area contributed by atoms with Crippen molar-refractivity contribution in [3.8, 4) is 0 Å². The molecule has 4 nitrogen and oxygen atoms in total. The number of nitrogens with zero attached hydrogens (tertiary/aromatic N) is 1. The minimum Gasteiger partial charge on any atom is -0.396 e. The average Bonchev–Trinajstić information content (AvgIpc) is 2.85. The molecule has 1 fully saturated rings. The molecule has 2 atom stereocenters. The van der Waals surface area contributed by atoms with Crippen LogP contribution < -0.4 is 10.2 Å². The molecule has 1 unspecified atom stereocenters. The van der Waals surface area contributed by atoms with Gasteiger partial charge in [-0.2, -0.15) is 0 Å². The average molecular weight is 276 g/mol. The Kier molecular flexibility index (Phi) is 5.15. The lowest BCUT2D eigenvalue weighted by Gasteiger charge is -2.22. The zero-order valence-electron chi connectivity index (χ0n) is 12.3. The smallest absolute Gasteiger partial charge is 0.227 e. The van der Waals surface area contributed by atoms with Crippen molar-refractivity contribution in [2.45, 2.75) is 45.2 Å². The molecule has 0 spiro atoms. The second kappa shape index (κ2) is 6.86. The molecule has 4 heteroatoms. The first-order chi connectivity index (χ1) is 9.61. The molecule has 1 amide bonds. The molecule has 1 saturated heterocycles. The maximum atomic E-state index is 11.8. The Labute approximate surface area is 120 Å². The molecule has 1 aliphatic rings. The number of anilines is 1. The Bertz CT molecular complexity index is 462. The predicted octanol–water partition coefficient (Wildman–Crippen LogP) is 2.23. The molecule has 0 saturated carbocycles. The van der Waals surface area contributed by atoms with E-state index in [1.54, 1.807) is 0 Å². The first-order valence-corrected chi connectivity index (χ1v) is 7.39. The summed E-state index contributed by atoms with van der Waals surface area (Å²) in [5.74, 6) is 0.219. The van der Waals surface area contributed by atoms with Crippen LogP contribution in [0.3, 0.4) is 0 Å². The van der Waals surface area contributed by atoms with Gasteiger partial charge in [0.2, 0.25) is 5.91 Å². The molecular weight excluding hydrogens is 252 g/mol. The minimum absolute atomic E-state index is 0.198. The van der Waals surface area contributed by atoms with E-state index in [1.807, 2.05) is 17.0 Å². The molecular formula is C16H24N2O2. The standard InChI is InChI=1S/C16H24N2O2/c1-12(8-10-19)17-13(2)14-5-3-6-15(11-14)18-9-4-7-16(18)20/h3,5-6,11-13,17,19H,4,7-10H2,1-2H3/t12-,13?/m1/s1. The second-order valence-corrected chi connectivity index (χ2v) is 5.55. The van der Waals surface area contributed by atoms with Crippen molar-refractivity contribution < 1.29 is 9.90 Å². The summed E-state index contributed by atoms with van der Waals surface area (Å²) in [6, 6.07) is 8.64. The first-order valence-electron chi connectivity index (χ1n) is 7.39. The molecule has 2 rings (SSSR count). The van der Waals surface area contributed by atoms with Crippen LogP contribution in [0.15, 0.2) is 24.3 Å². The van der Waals surface area contributed by atoms with Crippen molar-refractivity contribution in [2.75, 3.05) is 18.1 Å². The Morgan fingerprint density at radius 2 is 2.20 bits per heavy atom. The van der Waals surface area contributed by atoms with E-state index in [4.69, 9.17) is 5.11 Å². The highest BCUT2D eigenvalue weighted by atomic mass is 16.3. The molecule has 0 aliphatic carbocycles. The summed E-state index contributed by atoms with van der Waals surface area (Å²) >= 11 is 0. The molecule has 110 valence electrons. The van der Waals surface area contributed by atoms with Crippen LogP contribution in [0.25, 0.3) is 0 Å². The van der Waals surface area contributed by atoms with Gasteiger partial charge in [0.25, 0.3) is 0 Å². The minimum atomic E-state index is 0.198. The lowest BCUT2D eigenvalue weighted by Crippen LogP contribution is -2.30. The predicted molar refractivity (Wildman–Crippen MR) is 80.7 cm³/mol. The van der Waals surface area contributed by atoms with Gasteiger partial charge in [-0.3, -0.25) is 4.79 Å². The fraction of sp³-hybridized carbons (Fsp3) is 0.562. The topological polar surface area (TPSA) is 52.6 Å². The molecule has 0 bridgehead atoms. The summed E-state index contributed by atoms with van der Waals surface area (Å²) in [6.45, 7) is 5.20. The lowest BCUT2D eigenvalue weighted by molar-refractivity contribution is -0.117. The van der Waals surface area contributed by atoms with E-state index in [-0.39, 0.29) is 24.6 Å². The quantitative estimate of drug-likeness (QED) is 0.838. The van der Waals surface area contributed by atoms with E-state index < -0.39 is 0 Å². The Morgan fingerprint density at radius 3 is 2.85 bits per heavy atom. The monoisotopic (exact) mass is 276 g/mol. The van der Waals surface area contributed by atoms with Crippen LogP contribution in [0.4, 0.5) is 5.69 Å². The fourth-order valence-electron chi connectivity index (χ4n) is 2.68. The third-order valence-electron chi connectivity index (χ3n) is 3.85. The third kappa shape index (κ3) is 3.58. The number of hydrogen-bond acceptors (Lipinski definition) is 3. The van der Waals surface area contributed by atoms with E-state index in [0.29, 0.717) is 6.42 Å². The van der Waals surface area contributed by atoms with Crippen LogP contribution in [0.1, 0.15) is 44.7 Å². The van der Waals surface area contributed by atoms with E-state index >= 15 is 0 Å². The number of aliphatic hydroxyl groups excluding tert-OH is 1. The number of hydrogen-bond donors (Lipinski definition) is 2. The number of amides is 1. The summed E-state index contributed by atoms with van der Waals surface area (Å²) in [4.78, 5) is 13.7. The maximum absolute atomic E-state index is 11.8. The van der Waals surface area contributed by atoms with Gasteiger partial charge >= 0.3 is 0 Å². The van der Waals surface area contributed by atoms with Crippen LogP contribution in [0.5, 0.6) is 0 Å². The number of carbonyl (C=O) groups is 1. The van der Waals surface area contributed by atoms with Crippen molar-refractivity contribution in [1.29, 1.82) is 0 Å². The number of carbonyl (C=O) groups excluding carboxylic acids is 1. The van der Waals surface area contributed by atoms with E-state index in [9.17, 15) is 4.79 Å². The second-order valence-electron chi connectivity index (χ2n) is 5.55. The van der Waals surface area contributed by atoms with Gasteiger partial charge in [0.05, 0.1) is 0 Å². The molecule has 1 aromatic rings. The van der Waals surface area contributed by atoms with Gasteiger partial charge in [-0.1, -0.05) is 12.1 Å². The van der Waals surface area contributed by atoms with Crippen molar-refractivity contribution in [1.82, 2.24) is 5.32 Å². The van der Waals surface area contributed by atoms with Crippen LogP contribution in [-0.4, -0.2) is 30.2 Å². The zero-order valence-corrected chi connectivity index (χ0v) is 12.3. The van der Waals surface area contributed by atoms with Crippen LogP contribution in [-0.2, 0) is 4.79 Å². The summed E-state index contributed by atoms with van der Waals surface area (Å²) in [7, 11) is 0. The number of aliphatic hydroxyl groups is 1.